The lowest BCUT2D eigenvalue weighted by molar-refractivity contribution is 0.0950. The third kappa shape index (κ3) is 5.78. The maximum Gasteiger partial charge on any atom is 0.251 e. The molecule has 0 unspecified atom stereocenters. The summed E-state index contributed by atoms with van der Waals surface area (Å²) in [6.07, 6.45) is 1.76. The summed E-state index contributed by atoms with van der Waals surface area (Å²) in [5, 5.41) is 2.79. The smallest absolute Gasteiger partial charge is 0.251 e. The molecule has 0 saturated carbocycles. The topological polar surface area (TPSA) is 47.6 Å². The molecule has 4 nitrogen and oxygen atoms in total. The number of nitrogens with one attached hydrogen (secondary N) is 1. The van der Waals surface area contributed by atoms with Crippen LogP contribution in [0.2, 0.25) is 0 Å². The fourth-order valence-electron chi connectivity index (χ4n) is 2.24. The van der Waals surface area contributed by atoms with Gasteiger partial charge >= 0.3 is 0 Å². The van der Waals surface area contributed by atoms with Crippen LogP contribution in [0.5, 0.6) is 11.5 Å². The summed E-state index contributed by atoms with van der Waals surface area (Å²) >= 11 is 0. The van der Waals surface area contributed by atoms with Crippen molar-refractivity contribution in [2.75, 3.05) is 13.2 Å². The molecule has 0 radical (unpaired) electrons. The molecule has 0 aromatic heterocycles. The number of amides is 1. The van der Waals surface area contributed by atoms with Crippen LogP contribution < -0.4 is 14.8 Å². The second kappa shape index (κ2) is 9.67. The highest BCUT2D eigenvalue weighted by molar-refractivity contribution is 5.94. The quantitative estimate of drug-likeness (QED) is 0.736. The molecule has 0 aliphatic heterocycles. The predicted octanol–water partition coefficient (Wildman–Crippen LogP) is 4.33. The number of benzene rings is 2. The summed E-state index contributed by atoms with van der Waals surface area (Å²) in [5.41, 5.74) is 1.19. The molecule has 2 aromatic rings. The molecule has 0 heterocycles. The lowest BCUT2D eigenvalue weighted by Gasteiger charge is -2.13. The molecule has 2 aromatic carbocycles. The van der Waals surface area contributed by atoms with Crippen LogP contribution in [0.4, 0.5) is 4.39 Å². The van der Waals surface area contributed by atoms with E-state index in [0.717, 1.165) is 12.8 Å². The van der Waals surface area contributed by atoms with Crippen LogP contribution in [-0.2, 0) is 6.54 Å². The lowest BCUT2D eigenvalue weighted by atomic mass is 10.1. The second-order valence-electron chi connectivity index (χ2n) is 5.67. The van der Waals surface area contributed by atoms with Gasteiger partial charge in [0.05, 0.1) is 13.2 Å². The van der Waals surface area contributed by atoms with Crippen molar-refractivity contribution < 1.29 is 18.7 Å². The van der Waals surface area contributed by atoms with E-state index in [1.165, 1.54) is 12.1 Å². The third-order valence-electron chi connectivity index (χ3n) is 3.47. The molecule has 1 amide bonds. The Kier molecular flexibility index (Phi) is 7.26. The van der Waals surface area contributed by atoms with Gasteiger partial charge in [-0.25, -0.2) is 4.39 Å². The van der Waals surface area contributed by atoms with Gasteiger partial charge in [0.25, 0.3) is 5.91 Å². The van der Waals surface area contributed by atoms with Gasteiger partial charge in [-0.2, -0.15) is 0 Å². The first-order valence-electron chi connectivity index (χ1n) is 8.56. The zero-order chi connectivity index (χ0) is 18.1. The first kappa shape index (κ1) is 18.8. The van der Waals surface area contributed by atoms with Crippen LogP contribution in [0.15, 0.2) is 42.5 Å². The van der Waals surface area contributed by atoms with Gasteiger partial charge in [-0.05, 0) is 48.7 Å². The number of ether oxygens (including phenoxy) is 2. The van der Waals surface area contributed by atoms with Gasteiger partial charge in [-0.1, -0.05) is 26.0 Å². The molecule has 0 aliphatic rings. The number of carbonyl (C=O) groups excluding carboxylic acids is 1. The van der Waals surface area contributed by atoms with E-state index in [0.29, 0.717) is 35.8 Å². The van der Waals surface area contributed by atoms with Gasteiger partial charge in [-0.3, -0.25) is 4.79 Å². The minimum absolute atomic E-state index is 0.243. The van der Waals surface area contributed by atoms with Crippen molar-refractivity contribution in [3.63, 3.8) is 0 Å². The van der Waals surface area contributed by atoms with E-state index in [9.17, 15) is 9.18 Å². The molecule has 134 valence electrons. The minimum atomic E-state index is -0.320. The van der Waals surface area contributed by atoms with Gasteiger partial charge in [0.1, 0.15) is 5.82 Å². The molecular weight excluding hydrogens is 321 g/mol. The molecule has 0 fully saturated rings. The van der Waals surface area contributed by atoms with Gasteiger partial charge < -0.3 is 14.8 Å². The number of carbonyl (C=O) groups is 1. The second-order valence-corrected chi connectivity index (χ2v) is 5.67. The third-order valence-corrected chi connectivity index (χ3v) is 3.47. The molecule has 0 atom stereocenters. The van der Waals surface area contributed by atoms with Crippen molar-refractivity contribution in [2.45, 2.75) is 33.2 Å². The average molecular weight is 345 g/mol. The number of hydrogen-bond acceptors (Lipinski definition) is 3. The van der Waals surface area contributed by atoms with Crippen LogP contribution >= 0.6 is 0 Å². The molecule has 0 bridgehead atoms. The molecule has 5 heteroatoms. The van der Waals surface area contributed by atoms with Crippen LogP contribution in [0.25, 0.3) is 0 Å². The van der Waals surface area contributed by atoms with Crippen molar-refractivity contribution in [2.24, 2.45) is 0 Å². The number of rotatable bonds is 9. The van der Waals surface area contributed by atoms with E-state index in [4.69, 9.17) is 9.47 Å². The highest BCUT2D eigenvalue weighted by atomic mass is 19.1. The first-order valence-corrected chi connectivity index (χ1v) is 8.56. The summed E-state index contributed by atoms with van der Waals surface area (Å²) in [5.74, 6) is 0.637. The SMILES string of the molecule is CCCOc1ccc(C(=O)NCc2cccc(F)c2)cc1OCCC. The summed E-state index contributed by atoms with van der Waals surface area (Å²) in [4.78, 5) is 12.4. The lowest BCUT2D eigenvalue weighted by Crippen LogP contribution is -2.22. The van der Waals surface area contributed by atoms with E-state index in [1.807, 2.05) is 13.8 Å². The monoisotopic (exact) mass is 345 g/mol. The summed E-state index contributed by atoms with van der Waals surface area (Å²) in [6.45, 7) is 5.45. The Balaban J connectivity index is 2.07. The zero-order valence-corrected chi connectivity index (χ0v) is 14.7. The van der Waals surface area contributed by atoms with Crippen molar-refractivity contribution in [3.05, 3.63) is 59.4 Å². The van der Waals surface area contributed by atoms with E-state index >= 15 is 0 Å². The van der Waals surface area contributed by atoms with E-state index < -0.39 is 0 Å². The first-order chi connectivity index (χ1) is 12.1. The highest BCUT2D eigenvalue weighted by Crippen LogP contribution is 2.29. The van der Waals surface area contributed by atoms with Gasteiger partial charge in [0.2, 0.25) is 0 Å². The maximum absolute atomic E-state index is 13.2. The van der Waals surface area contributed by atoms with Gasteiger partial charge in [0, 0.05) is 12.1 Å². The van der Waals surface area contributed by atoms with Crippen molar-refractivity contribution >= 4 is 5.91 Å². The maximum atomic E-state index is 13.2. The Morgan fingerprint density at radius 3 is 2.40 bits per heavy atom. The minimum Gasteiger partial charge on any atom is -0.490 e. The van der Waals surface area contributed by atoms with Crippen LogP contribution in [0, 0.1) is 5.82 Å². The summed E-state index contributed by atoms with van der Waals surface area (Å²) in [6, 6.07) is 11.3. The Morgan fingerprint density at radius 2 is 1.72 bits per heavy atom. The molecule has 1 N–H and O–H groups in total. The predicted molar refractivity (Wildman–Crippen MR) is 95.6 cm³/mol. The summed E-state index contributed by atoms with van der Waals surface area (Å²) < 4.78 is 24.5. The number of halogens is 1. The fourth-order valence-corrected chi connectivity index (χ4v) is 2.24. The standard InChI is InChI=1S/C20H24FNO3/c1-3-10-24-18-9-8-16(13-19(18)25-11-4-2)20(23)22-14-15-6-5-7-17(21)12-15/h5-9,12-13H,3-4,10-11,14H2,1-2H3,(H,22,23). The molecule has 0 saturated heterocycles. The van der Waals surface area contributed by atoms with Crippen LogP contribution in [-0.4, -0.2) is 19.1 Å². The van der Waals surface area contributed by atoms with Crippen LogP contribution in [0.1, 0.15) is 42.6 Å². The van der Waals surface area contributed by atoms with E-state index in [2.05, 4.69) is 5.32 Å². The average Bonchev–Trinajstić information content (AvgIpc) is 2.63. The molecule has 25 heavy (non-hydrogen) atoms. The molecule has 2 rings (SSSR count). The fraction of sp³-hybridized carbons (Fsp3) is 0.350. The largest absolute Gasteiger partial charge is 0.490 e. The van der Waals surface area contributed by atoms with Crippen molar-refractivity contribution in [3.8, 4) is 11.5 Å². The molecular formula is C20H24FNO3. The number of hydrogen-bond donors (Lipinski definition) is 1. The Hall–Kier alpha value is -2.56. The van der Waals surface area contributed by atoms with Crippen LogP contribution in [0.3, 0.4) is 0 Å². The van der Waals surface area contributed by atoms with Gasteiger partial charge in [-0.15, -0.1) is 0 Å². The normalized spacial score (nSPS) is 10.4. The molecule has 0 aliphatic carbocycles. The summed E-state index contributed by atoms with van der Waals surface area (Å²) in [7, 11) is 0. The zero-order valence-electron chi connectivity index (χ0n) is 14.7. The Labute approximate surface area is 148 Å². The van der Waals surface area contributed by atoms with Crippen molar-refractivity contribution in [1.29, 1.82) is 0 Å². The van der Waals surface area contributed by atoms with Gasteiger partial charge in [0.15, 0.2) is 11.5 Å². The van der Waals surface area contributed by atoms with E-state index in [-0.39, 0.29) is 18.3 Å². The van der Waals surface area contributed by atoms with E-state index in [1.54, 1.807) is 30.3 Å². The highest BCUT2D eigenvalue weighted by Gasteiger charge is 2.12. The molecule has 0 spiro atoms. The Bertz CT molecular complexity index is 703. The Morgan fingerprint density at radius 1 is 1.00 bits per heavy atom. The van der Waals surface area contributed by atoms with Crippen molar-refractivity contribution in [1.82, 2.24) is 5.32 Å².